The molecule has 178 valence electrons. The van der Waals surface area contributed by atoms with E-state index in [0.29, 0.717) is 11.3 Å². The lowest BCUT2D eigenvalue weighted by molar-refractivity contribution is -0.137. The van der Waals surface area contributed by atoms with E-state index < -0.39 is 41.5 Å². The minimum Gasteiger partial charge on any atom is -0.481 e. The Kier molecular flexibility index (Phi) is 7.34. The second kappa shape index (κ2) is 10.2. The number of carbonyl (C=O) groups is 2. The van der Waals surface area contributed by atoms with Crippen LogP contribution in [0.25, 0.3) is 5.69 Å². The van der Waals surface area contributed by atoms with Gasteiger partial charge in [0, 0.05) is 0 Å². The zero-order valence-corrected chi connectivity index (χ0v) is 18.2. The molecule has 0 unspecified atom stereocenters. The van der Waals surface area contributed by atoms with Gasteiger partial charge in [0.05, 0.1) is 29.6 Å². The number of nitrogens with one attached hydrogen (secondary N) is 1. The summed E-state index contributed by atoms with van der Waals surface area (Å²) < 4.78 is 50.7. The molecule has 0 aliphatic carbocycles. The number of ether oxygens (including phenoxy) is 2. The van der Waals surface area contributed by atoms with Crippen molar-refractivity contribution in [2.45, 2.75) is 20.0 Å². The zero-order valence-electron chi connectivity index (χ0n) is 18.2. The van der Waals surface area contributed by atoms with Crippen molar-refractivity contribution >= 4 is 17.6 Å². The second-order valence-electron chi connectivity index (χ2n) is 6.99. The quantitative estimate of drug-likeness (QED) is 0.523. The first-order chi connectivity index (χ1) is 16.1. The van der Waals surface area contributed by atoms with Crippen molar-refractivity contribution in [1.82, 2.24) is 9.78 Å². The number of para-hydroxylation sites is 2. The molecule has 34 heavy (non-hydrogen) atoms. The molecule has 3 aromatic rings. The smallest absolute Gasteiger partial charge is 0.418 e. The number of carbonyl (C=O) groups excluding carboxylic acids is 2. The molecule has 0 saturated heterocycles. The molecule has 0 spiro atoms. The van der Waals surface area contributed by atoms with Gasteiger partial charge in [-0.05, 0) is 37.6 Å². The average molecular weight is 475 g/mol. The van der Waals surface area contributed by atoms with Crippen LogP contribution >= 0.6 is 0 Å². The minimum atomic E-state index is -4.67. The van der Waals surface area contributed by atoms with Gasteiger partial charge in [-0.25, -0.2) is 4.79 Å². The third-order valence-electron chi connectivity index (χ3n) is 4.57. The Morgan fingerprint density at radius 1 is 1.09 bits per heavy atom. The summed E-state index contributed by atoms with van der Waals surface area (Å²) in [6.07, 6.45) is -4.67. The lowest BCUT2D eigenvalue weighted by atomic mass is 10.1. The van der Waals surface area contributed by atoms with E-state index in [0.717, 1.165) is 22.9 Å². The molecule has 2 aromatic carbocycles. The van der Waals surface area contributed by atoms with Gasteiger partial charge < -0.3 is 14.8 Å². The summed E-state index contributed by atoms with van der Waals surface area (Å²) in [5, 5.41) is 6.17. The molecule has 1 heterocycles. The van der Waals surface area contributed by atoms with Crippen molar-refractivity contribution < 1.29 is 32.2 Å². The van der Waals surface area contributed by atoms with Crippen molar-refractivity contribution in [2.75, 3.05) is 18.5 Å². The number of anilines is 1. The number of aryl methyl sites for hydroxylation is 1. The molecule has 0 radical (unpaired) electrons. The molecule has 0 saturated carbocycles. The highest BCUT2D eigenvalue weighted by Gasteiger charge is 2.33. The molecule has 1 amide bonds. The largest absolute Gasteiger partial charge is 0.481 e. The molecule has 8 nitrogen and oxygen atoms in total. The minimum absolute atomic E-state index is 0.0121. The molecule has 1 N–H and O–H groups in total. The monoisotopic (exact) mass is 475 g/mol. The average Bonchev–Trinajstić information content (AvgIpc) is 2.78. The van der Waals surface area contributed by atoms with Gasteiger partial charge in [-0.15, -0.1) is 0 Å². The van der Waals surface area contributed by atoms with Crippen LogP contribution in [-0.4, -0.2) is 34.9 Å². The Morgan fingerprint density at radius 2 is 1.76 bits per heavy atom. The molecular formula is C23H20F3N3O5. The van der Waals surface area contributed by atoms with Crippen molar-refractivity contribution in [2.24, 2.45) is 0 Å². The van der Waals surface area contributed by atoms with Gasteiger partial charge in [0.1, 0.15) is 0 Å². The van der Waals surface area contributed by atoms with Crippen LogP contribution in [0.15, 0.2) is 59.4 Å². The van der Waals surface area contributed by atoms with E-state index in [1.807, 2.05) is 0 Å². The number of amides is 1. The molecule has 3 rings (SSSR count). The molecule has 11 heteroatoms. The number of nitrogens with zero attached hydrogens (tertiary/aromatic N) is 2. The van der Waals surface area contributed by atoms with Gasteiger partial charge in [0.25, 0.3) is 11.5 Å². The molecular weight excluding hydrogens is 455 g/mol. The third-order valence-corrected chi connectivity index (χ3v) is 4.57. The molecule has 0 bridgehead atoms. The Morgan fingerprint density at radius 3 is 2.44 bits per heavy atom. The summed E-state index contributed by atoms with van der Waals surface area (Å²) in [5.74, 6) is -2.18. The van der Waals surface area contributed by atoms with E-state index in [2.05, 4.69) is 10.4 Å². The molecule has 0 atom stereocenters. The number of rotatable bonds is 7. The predicted molar refractivity (Wildman–Crippen MR) is 116 cm³/mol. The fourth-order valence-corrected chi connectivity index (χ4v) is 3.03. The van der Waals surface area contributed by atoms with Crippen LogP contribution in [0.1, 0.15) is 28.5 Å². The van der Waals surface area contributed by atoms with E-state index in [9.17, 15) is 27.6 Å². The van der Waals surface area contributed by atoms with Crippen molar-refractivity contribution in [3.8, 4) is 11.4 Å². The predicted octanol–water partition coefficient (Wildman–Crippen LogP) is 3.75. The SMILES string of the molecule is CCOC(=O)c1nn(-c2ccccc2C)c(=O)cc1OCC(=O)Nc1ccccc1C(F)(F)F. The summed E-state index contributed by atoms with van der Waals surface area (Å²) >= 11 is 0. The first-order valence-corrected chi connectivity index (χ1v) is 10.1. The summed E-state index contributed by atoms with van der Waals surface area (Å²) in [5.41, 5.74) is -1.37. The van der Waals surface area contributed by atoms with Crippen molar-refractivity contribution in [3.63, 3.8) is 0 Å². The van der Waals surface area contributed by atoms with Crippen molar-refractivity contribution in [1.29, 1.82) is 0 Å². The first-order valence-electron chi connectivity index (χ1n) is 10.1. The number of hydrogen-bond acceptors (Lipinski definition) is 6. The fraction of sp³-hybridized carbons (Fsp3) is 0.217. The molecule has 0 aliphatic heterocycles. The lowest BCUT2D eigenvalue weighted by Crippen LogP contribution is -2.27. The Balaban J connectivity index is 1.88. The van der Waals surface area contributed by atoms with E-state index >= 15 is 0 Å². The third kappa shape index (κ3) is 5.61. The van der Waals surface area contributed by atoms with Gasteiger partial charge in [-0.1, -0.05) is 30.3 Å². The lowest BCUT2D eigenvalue weighted by Gasteiger charge is -2.15. The molecule has 0 fully saturated rings. The number of alkyl halides is 3. The fourth-order valence-electron chi connectivity index (χ4n) is 3.03. The van der Waals surface area contributed by atoms with Crippen LogP contribution < -0.4 is 15.6 Å². The zero-order chi connectivity index (χ0) is 24.9. The number of halogens is 3. The summed E-state index contributed by atoms with van der Waals surface area (Å²) in [7, 11) is 0. The maximum atomic E-state index is 13.1. The normalized spacial score (nSPS) is 11.1. The summed E-state index contributed by atoms with van der Waals surface area (Å²) in [6.45, 7) is 2.55. The number of benzene rings is 2. The van der Waals surface area contributed by atoms with E-state index in [4.69, 9.17) is 9.47 Å². The van der Waals surface area contributed by atoms with Crippen LogP contribution in [0.5, 0.6) is 5.75 Å². The van der Waals surface area contributed by atoms with Crippen LogP contribution in [0.2, 0.25) is 0 Å². The Labute approximate surface area is 191 Å². The van der Waals surface area contributed by atoms with Gasteiger partial charge in [-0.2, -0.15) is 23.0 Å². The van der Waals surface area contributed by atoms with Crippen LogP contribution in [0.3, 0.4) is 0 Å². The number of aromatic nitrogens is 2. The highest BCUT2D eigenvalue weighted by Crippen LogP contribution is 2.34. The van der Waals surface area contributed by atoms with E-state index in [-0.39, 0.29) is 18.1 Å². The summed E-state index contributed by atoms with van der Waals surface area (Å²) in [4.78, 5) is 37.4. The Hall–Kier alpha value is -4.15. The number of hydrogen-bond donors (Lipinski definition) is 1. The van der Waals surface area contributed by atoms with Gasteiger partial charge in [0.15, 0.2) is 12.4 Å². The highest BCUT2D eigenvalue weighted by atomic mass is 19.4. The van der Waals surface area contributed by atoms with Gasteiger partial charge in [-0.3, -0.25) is 9.59 Å². The maximum absolute atomic E-state index is 13.1. The van der Waals surface area contributed by atoms with E-state index in [1.54, 1.807) is 38.1 Å². The van der Waals surface area contributed by atoms with Crippen LogP contribution in [0, 0.1) is 6.92 Å². The molecule has 0 aliphatic rings. The van der Waals surface area contributed by atoms with Crippen molar-refractivity contribution in [3.05, 3.63) is 81.8 Å². The Bertz CT molecular complexity index is 1270. The first kappa shape index (κ1) is 24.5. The molecule has 1 aromatic heterocycles. The number of esters is 1. The van der Waals surface area contributed by atoms with Gasteiger partial charge >= 0.3 is 12.1 Å². The summed E-state index contributed by atoms with van der Waals surface area (Å²) in [6, 6.07) is 12.2. The van der Waals surface area contributed by atoms with Gasteiger partial charge in [0.2, 0.25) is 5.69 Å². The topological polar surface area (TPSA) is 99.5 Å². The standard InChI is InChI=1S/C23H20F3N3O5/c1-3-33-22(32)21-18(12-20(31)29(28-21)17-11-7-4-8-14(17)2)34-13-19(30)27-16-10-6-5-9-15(16)23(24,25)26/h4-12H,3,13H2,1-2H3,(H,27,30). The highest BCUT2D eigenvalue weighted by molar-refractivity contribution is 5.93. The van der Waals surface area contributed by atoms with Crippen LogP contribution in [-0.2, 0) is 15.7 Å². The second-order valence-corrected chi connectivity index (χ2v) is 6.99. The van der Waals surface area contributed by atoms with Crippen LogP contribution in [0.4, 0.5) is 18.9 Å². The maximum Gasteiger partial charge on any atom is 0.418 e. The van der Waals surface area contributed by atoms with E-state index in [1.165, 1.54) is 12.1 Å².